The first kappa shape index (κ1) is 15.3. The number of rotatable bonds is 6. The van der Waals surface area contributed by atoms with Crippen molar-refractivity contribution < 1.29 is 0 Å². The molecule has 0 saturated carbocycles. The Kier molecular flexibility index (Phi) is 5.56. The number of nitrogens with one attached hydrogen (secondary N) is 1. The molecule has 0 radical (unpaired) electrons. The summed E-state index contributed by atoms with van der Waals surface area (Å²) in [6, 6.07) is 10.4. The minimum Gasteiger partial charge on any atom is -0.342 e. The molecular formula is C19H24N2. The fourth-order valence-electron chi connectivity index (χ4n) is 2.26. The Morgan fingerprint density at radius 3 is 2.62 bits per heavy atom. The SMILES string of the molecule is CC(C)=CCC/C(C)=C\c1cnc(Cc2ccccc2)[nH]1. The van der Waals surface area contributed by atoms with E-state index >= 15 is 0 Å². The van der Waals surface area contributed by atoms with Crippen LogP contribution in [0.1, 0.15) is 50.7 Å². The van der Waals surface area contributed by atoms with Crippen LogP contribution in [0.15, 0.2) is 53.8 Å². The standard InChI is InChI=1S/C19H24N2/c1-15(2)8-7-9-16(3)12-18-14-20-19(21-18)13-17-10-5-4-6-11-17/h4-6,8,10-12,14H,7,9,13H2,1-3H3,(H,20,21)/b16-12-. The maximum atomic E-state index is 4.46. The zero-order valence-corrected chi connectivity index (χ0v) is 13.2. The monoisotopic (exact) mass is 280 g/mol. The van der Waals surface area contributed by atoms with E-state index in [0.29, 0.717) is 0 Å². The number of hydrogen-bond acceptors (Lipinski definition) is 1. The lowest BCUT2D eigenvalue weighted by atomic mass is 10.1. The van der Waals surface area contributed by atoms with Gasteiger partial charge in [0, 0.05) is 6.42 Å². The highest BCUT2D eigenvalue weighted by Crippen LogP contribution is 2.12. The van der Waals surface area contributed by atoms with E-state index in [1.165, 1.54) is 16.7 Å². The van der Waals surface area contributed by atoms with Crippen LogP contribution in [0.2, 0.25) is 0 Å². The summed E-state index contributed by atoms with van der Waals surface area (Å²) in [6.45, 7) is 6.46. The summed E-state index contributed by atoms with van der Waals surface area (Å²) in [7, 11) is 0. The van der Waals surface area contributed by atoms with Crippen LogP contribution in [0.25, 0.3) is 6.08 Å². The number of nitrogens with zero attached hydrogens (tertiary/aromatic N) is 1. The molecule has 1 heterocycles. The van der Waals surface area contributed by atoms with E-state index < -0.39 is 0 Å². The second kappa shape index (κ2) is 7.63. The van der Waals surface area contributed by atoms with Crippen LogP contribution in [0.3, 0.4) is 0 Å². The molecule has 110 valence electrons. The molecule has 21 heavy (non-hydrogen) atoms. The molecular weight excluding hydrogens is 256 g/mol. The Morgan fingerprint density at radius 1 is 1.14 bits per heavy atom. The number of aromatic nitrogens is 2. The lowest BCUT2D eigenvalue weighted by molar-refractivity contribution is 0.973. The highest BCUT2D eigenvalue weighted by Gasteiger charge is 2.00. The molecule has 0 saturated heterocycles. The van der Waals surface area contributed by atoms with Crippen molar-refractivity contribution in [2.45, 2.75) is 40.0 Å². The van der Waals surface area contributed by atoms with E-state index in [1.54, 1.807) is 0 Å². The first-order valence-corrected chi connectivity index (χ1v) is 7.52. The van der Waals surface area contributed by atoms with Crippen LogP contribution in [-0.2, 0) is 6.42 Å². The smallest absolute Gasteiger partial charge is 0.110 e. The molecule has 1 N–H and O–H groups in total. The maximum Gasteiger partial charge on any atom is 0.110 e. The van der Waals surface area contributed by atoms with E-state index in [-0.39, 0.29) is 0 Å². The number of H-pyrrole nitrogens is 1. The molecule has 0 atom stereocenters. The van der Waals surface area contributed by atoms with Gasteiger partial charge < -0.3 is 4.98 Å². The topological polar surface area (TPSA) is 28.7 Å². The maximum absolute atomic E-state index is 4.46. The Balaban J connectivity index is 1.95. The van der Waals surface area contributed by atoms with Crippen molar-refractivity contribution in [1.82, 2.24) is 9.97 Å². The summed E-state index contributed by atoms with van der Waals surface area (Å²) < 4.78 is 0. The van der Waals surface area contributed by atoms with Crippen molar-refractivity contribution in [3.63, 3.8) is 0 Å². The Labute approximate surface area is 127 Å². The molecule has 0 spiro atoms. The van der Waals surface area contributed by atoms with Crippen LogP contribution in [0.4, 0.5) is 0 Å². The Bertz CT molecular complexity index is 614. The molecule has 2 aromatic rings. The molecule has 2 heteroatoms. The molecule has 0 aliphatic carbocycles. The van der Waals surface area contributed by atoms with Crippen LogP contribution in [0.5, 0.6) is 0 Å². The van der Waals surface area contributed by atoms with Crippen LogP contribution < -0.4 is 0 Å². The fourth-order valence-corrected chi connectivity index (χ4v) is 2.26. The average molecular weight is 280 g/mol. The number of imidazole rings is 1. The molecule has 1 aromatic heterocycles. The highest BCUT2D eigenvalue weighted by molar-refractivity contribution is 5.47. The average Bonchev–Trinajstić information content (AvgIpc) is 2.86. The van der Waals surface area contributed by atoms with Crippen molar-refractivity contribution in [2.75, 3.05) is 0 Å². The molecule has 0 aliphatic heterocycles. The Hall–Kier alpha value is -2.09. The van der Waals surface area contributed by atoms with Gasteiger partial charge in [0.2, 0.25) is 0 Å². The first-order chi connectivity index (χ1) is 10.1. The summed E-state index contributed by atoms with van der Waals surface area (Å²) in [5.41, 5.74) is 5.13. The third-order valence-corrected chi connectivity index (χ3v) is 3.36. The molecule has 2 rings (SSSR count). The van der Waals surface area contributed by atoms with E-state index in [2.05, 4.69) is 67.2 Å². The predicted octanol–water partition coefficient (Wildman–Crippen LogP) is 5.15. The van der Waals surface area contributed by atoms with Gasteiger partial charge in [0.05, 0.1) is 11.9 Å². The molecule has 0 bridgehead atoms. The lowest BCUT2D eigenvalue weighted by Crippen LogP contribution is -1.90. The minimum atomic E-state index is 0.853. The van der Waals surface area contributed by atoms with Crippen LogP contribution >= 0.6 is 0 Å². The van der Waals surface area contributed by atoms with Gasteiger partial charge in [-0.15, -0.1) is 0 Å². The van der Waals surface area contributed by atoms with Crippen molar-refractivity contribution in [1.29, 1.82) is 0 Å². The van der Waals surface area contributed by atoms with Gasteiger partial charge >= 0.3 is 0 Å². The summed E-state index contributed by atoms with van der Waals surface area (Å²) in [4.78, 5) is 7.85. The normalized spacial score (nSPS) is 11.5. The molecule has 0 aliphatic rings. The Morgan fingerprint density at radius 2 is 1.90 bits per heavy atom. The van der Waals surface area contributed by atoms with Crippen LogP contribution in [0, 0.1) is 0 Å². The van der Waals surface area contributed by atoms with Gasteiger partial charge in [-0.25, -0.2) is 4.98 Å². The van der Waals surface area contributed by atoms with Gasteiger partial charge in [-0.3, -0.25) is 0 Å². The van der Waals surface area contributed by atoms with Crippen molar-refractivity contribution >= 4 is 6.08 Å². The second-order valence-electron chi connectivity index (χ2n) is 5.76. The molecule has 0 unspecified atom stereocenters. The van der Waals surface area contributed by atoms with E-state index in [0.717, 1.165) is 30.8 Å². The molecule has 2 nitrogen and oxygen atoms in total. The zero-order valence-electron chi connectivity index (χ0n) is 13.2. The quantitative estimate of drug-likeness (QED) is 0.728. The predicted molar refractivity (Wildman–Crippen MR) is 90.2 cm³/mol. The third kappa shape index (κ3) is 5.42. The van der Waals surface area contributed by atoms with Gasteiger partial charge in [0.15, 0.2) is 0 Å². The highest BCUT2D eigenvalue weighted by atomic mass is 14.9. The number of allylic oxidation sites excluding steroid dienone is 3. The zero-order chi connectivity index (χ0) is 15.1. The number of hydrogen-bond donors (Lipinski definition) is 1. The van der Waals surface area contributed by atoms with Crippen molar-refractivity contribution in [3.8, 4) is 0 Å². The summed E-state index contributed by atoms with van der Waals surface area (Å²) >= 11 is 0. The molecule has 0 fully saturated rings. The number of benzene rings is 1. The molecule has 1 aromatic carbocycles. The van der Waals surface area contributed by atoms with Gasteiger partial charge in [-0.2, -0.15) is 0 Å². The molecule has 0 amide bonds. The van der Waals surface area contributed by atoms with E-state index in [9.17, 15) is 0 Å². The van der Waals surface area contributed by atoms with Crippen molar-refractivity contribution in [3.05, 3.63) is 70.8 Å². The van der Waals surface area contributed by atoms with Gasteiger partial charge in [0.1, 0.15) is 5.82 Å². The summed E-state index contributed by atoms with van der Waals surface area (Å²) in [5, 5.41) is 0. The summed E-state index contributed by atoms with van der Waals surface area (Å²) in [5.74, 6) is 1.02. The largest absolute Gasteiger partial charge is 0.342 e. The van der Waals surface area contributed by atoms with Crippen molar-refractivity contribution in [2.24, 2.45) is 0 Å². The minimum absolute atomic E-state index is 0.853. The van der Waals surface area contributed by atoms with Gasteiger partial charge in [-0.05, 0) is 45.3 Å². The third-order valence-electron chi connectivity index (χ3n) is 3.36. The summed E-state index contributed by atoms with van der Waals surface area (Å²) in [6.07, 6.45) is 9.45. The van der Waals surface area contributed by atoms with E-state index in [4.69, 9.17) is 0 Å². The lowest BCUT2D eigenvalue weighted by Gasteiger charge is -1.99. The van der Waals surface area contributed by atoms with Crippen LogP contribution in [-0.4, -0.2) is 9.97 Å². The fraction of sp³-hybridized carbons (Fsp3) is 0.316. The first-order valence-electron chi connectivity index (χ1n) is 7.52. The number of aromatic amines is 1. The van der Waals surface area contributed by atoms with Gasteiger partial charge in [-0.1, -0.05) is 47.6 Å². The van der Waals surface area contributed by atoms with E-state index in [1.807, 2.05) is 12.3 Å². The second-order valence-corrected chi connectivity index (χ2v) is 5.76. The van der Waals surface area contributed by atoms with Gasteiger partial charge in [0.25, 0.3) is 0 Å².